The molecule has 0 spiro atoms. The first kappa shape index (κ1) is 28.5. The van der Waals surface area contributed by atoms with Crippen LogP contribution in [-0.4, -0.2) is 79.8 Å². The SMILES string of the molecule is CC1O[C@H](O[C@H]2CC[C@]3(C=O)[C@H]4CC[C@]5(C)[C@@H](c6ccc(=O)oc6)CC[C@]5(O)[C@@H]4CC[C@]3(O)C2)C(O)C(O)[C@@H]1O. The van der Waals surface area contributed by atoms with E-state index in [-0.39, 0.29) is 24.2 Å². The van der Waals surface area contributed by atoms with Gasteiger partial charge < -0.3 is 44.2 Å². The van der Waals surface area contributed by atoms with Crippen molar-refractivity contribution >= 4 is 6.29 Å². The van der Waals surface area contributed by atoms with Gasteiger partial charge in [0.2, 0.25) is 0 Å². The molecule has 5 N–H and O–H groups in total. The maximum atomic E-state index is 13.0. The van der Waals surface area contributed by atoms with Gasteiger partial charge in [0.1, 0.15) is 24.6 Å². The number of aliphatic hydroxyl groups is 5. The molecule has 2 heterocycles. The summed E-state index contributed by atoms with van der Waals surface area (Å²) in [4.78, 5) is 24.5. The second-order valence-electron chi connectivity index (χ2n) is 13.5. The number of fused-ring (bicyclic) bond motifs is 5. The highest BCUT2D eigenvalue weighted by Gasteiger charge is 2.71. The molecule has 4 saturated carbocycles. The number of carbonyl (C=O) groups is 1. The third-order valence-corrected chi connectivity index (χ3v) is 12.0. The van der Waals surface area contributed by atoms with Gasteiger partial charge in [-0.3, -0.25) is 0 Å². The zero-order valence-electron chi connectivity index (χ0n) is 23.1. The van der Waals surface area contributed by atoms with Crippen LogP contribution < -0.4 is 5.63 Å². The van der Waals surface area contributed by atoms with E-state index in [1.165, 1.54) is 12.3 Å². The molecule has 0 radical (unpaired) electrons. The van der Waals surface area contributed by atoms with Crippen LogP contribution in [0.15, 0.2) is 27.6 Å². The van der Waals surface area contributed by atoms with Crippen molar-refractivity contribution < 1.29 is 44.2 Å². The molecule has 4 aliphatic carbocycles. The van der Waals surface area contributed by atoms with Crippen LogP contribution in [0.4, 0.5) is 0 Å². The fourth-order valence-electron chi connectivity index (χ4n) is 9.67. The third-order valence-electron chi connectivity index (χ3n) is 12.0. The summed E-state index contributed by atoms with van der Waals surface area (Å²) in [6.45, 7) is 3.71. The number of aldehydes is 1. The van der Waals surface area contributed by atoms with E-state index >= 15 is 0 Å². The van der Waals surface area contributed by atoms with E-state index in [0.717, 1.165) is 18.3 Å². The lowest BCUT2D eigenvalue weighted by Crippen LogP contribution is -2.69. The molecule has 0 amide bonds. The Hall–Kier alpha value is -1.66. The van der Waals surface area contributed by atoms with Crippen molar-refractivity contribution in [3.8, 4) is 0 Å². The van der Waals surface area contributed by atoms with E-state index in [1.807, 2.05) is 0 Å². The minimum Gasteiger partial charge on any atom is -0.431 e. The van der Waals surface area contributed by atoms with Crippen LogP contribution >= 0.6 is 0 Å². The van der Waals surface area contributed by atoms with Crippen LogP contribution in [0.1, 0.15) is 83.1 Å². The summed E-state index contributed by atoms with van der Waals surface area (Å²) in [5, 5.41) is 55.1. The number of hydrogen-bond acceptors (Lipinski definition) is 10. The molecular weight excluding hydrogens is 520 g/mol. The van der Waals surface area contributed by atoms with Crippen LogP contribution in [0.3, 0.4) is 0 Å². The highest BCUT2D eigenvalue weighted by molar-refractivity contribution is 5.64. The Morgan fingerprint density at radius 2 is 1.70 bits per heavy atom. The molecule has 1 aliphatic heterocycles. The Bertz CT molecular complexity index is 1170. The fraction of sp³-hybridized carbons (Fsp3) is 0.800. The van der Waals surface area contributed by atoms with E-state index in [9.17, 15) is 35.1 Å². The Morgan fingerprint density at radius 1 is 0.950 bits per heavy atom. The van der Waals surface area contributed by atoms with E-state index in [0.29, 0.717) is 44.9 Å². The van der Waals surface area contributed by atoms with Crippen LogP contribution in [0, 0.1) is 22.7 Å². The molecule has 0 aromatic carbocycles. The molecule has 1 aromatic rings. The lowest BCUT2D eigenvalue weighted by Gasteiger charge is -2.65. The average Bonchev–Trinajstić information content (AvgIpc) is 3.21. The lowest BCUT2D eigenvalue weighted by molar-refractivity contribution is -0.317. The summed E-state index contributed by atoms with van der Waals surface area (Å²) in [5.41, 5.74) is -3.34. The van der Waals surface area contributed by atoms with E-state index in [4.69, 9.17) is 13.9 Å². The molecule has 222 valence electrons. The van der Waals surface area contributed by atoms with E-state index in [1.54, 1.807) is 13.0 Å². The number of carbonyl (C=O) groups excluding carboxylic acids is 1. The van der Waals surface area contributed by atoms with Gasteiger partial charge in [0.25, 0.3) is 0 Å². The number of ether oxygens (including phenoxy) is 2. The van der Waals surface area contributed by atoms with Gasteiger partial charge in [-0.1, -0.05) is 6.92 Å². The molecule has 6 rings (SSSR count). The molecule has 3 unspecified atom stereocenters. The number of aliphatic hydroxyl groups excluding tert-OH is 3. The molecule has 40 heavy (non-hydrogen) atoms. The minimum absolute atomic E-state index is 0.0260. The van der Waals surface area contributed by atoms with Crippen LogP contribution in [0.5, 0.6) is 0 Å². The molecule has 10 nitrogen and oxygen atoms in total. The van der Waals surface area contributed by atoms with Crippen molar-refractivity contribution in [3.05, 3.63) is 34.4 Å². The Kier molecular flexibility index (Phi) is 6.89. The van der Waals surface area contributed by atoms with Gasteiger partial charge in [0, 0.05) is 17.9 Å². The van der Waals surface area contributed by atoms with Crippen LogP contribution in [-0.2, 0) is 14.3 Å². The second-order valence-corrected chi connectivity index (χ2v) is 13.5. The first-order valence-corrected chi connectivity index (χ1v) is 14.7. The maximum absolute atomic E-state index is 13.0. The first-order chi connectivity index (χ1) is 18.9. The summed E-state index contributed by atoms with van der Waals surface area (Å²) >= 11 is 0. The first-order valence-electron chi connectivity index (χ1n) is 14.7. The Balaban J connectivity index is 1.23. The summed E-state index contributed by atoms with van der Waals surface area (Å²) in [6, 6.07) is 3.21. The summed E-state index contributed by atoms with van der Waals surface area (Å²) in [6.07, 6.45) is 0.559. The molecule has 13 atom stereocenters. The predicted octanol–water partition coefficient (Wildman–Crippen LogP) is 1.39. The molecule has 1 saturated heterocycles. The van der Waals surface area contributed by atoms with Gasteiger partial charge in [-0.25, -0.2) is 4.79 Å². The van der Waals surface area contributed by atoms with Gasteiger partial charge in [-0.2, -0.15) is 0 Å². The molecule has 10 heteroatoms. The topological polar surface area (TPSA) is 167 Å². The normalized spacial score (nSPS) is 52.3. The maximum Gasteiger partial charge on any atom is 0.335 e. The van der Waals surface area contributed by atoms with Gasteiger partial charge in [0.05, 0.1) is 35.1 Å². The van der Waals surface area contributed by atoms with E-state index < -0.39 is 64.5 Å². The second kappa shape index (κ2) is 9.69. The molecular formula is C30H42O10. The standard InChI is InChI=1S/C30H42O10/c1-16-23(33)24(34)25(35)26(39-16)40-18-5-10-28(15-31)20-6-9-27(2)19(17-3-4-22(32)38-14-17)8-12-30(27,37)21(20)7-11-29(28,36)13-18/h3-4,14-16,18-21,23-26,33-37H,5-13H2,1-2H3/t16?,18-,19+,20-,21+,23+,24?,25?,26+,27+,28-,29-,30-/m0/s1. The zero-order valence-corrected chi connectivity index (χ0v) is 23.1. The van der Waals surface area contributed by atoms with Crippen molar-refractivity contribution in [3.63, 3.8) is 0 Å². The summed E-state index contributed by atoms with van der Waals surface area (Å²) in [5.74, 6) is -0.322. The van der Waals surface area contributed by atoms with Crippen LogP contribution in [0.2, 0.25) is 0 Å². The summed E-state index contributed by atoms with van der Waals surface area (Å²) in [7, 11) is 0. The minimum atomic E-state index is -1.44. The zero-order chi connectivity index (χ0) is 28.7. The quantitative estimate of drug-likeness (QED) is 0.267. The lowest BCUT2D eigenvalue weighted by atomic mass is 9.41. The smallest absolute Gasteiger partial charge is 0.335 e. The number of hydrogen-bond donors (Lipinski definition) is 5. The van der Waals surface area contributed by atoms with Crippen LogP contribution in [0.25, 0.3) is 0 Å². The van der Waals surface area contributed by atoms with Gasteiger partial charge >= 0.3 is 5.63 Å². The van der Waals surface area contributed by atoms with Gasteiger partial charge in [-0.15, -0.1) is 0 Å². The van der Waals surface area contributed by atoms with Gasteiger partial charge in [-0.05, 0) is 87.7 Å². The van der Waals surface area contributed by atoms with E-state index in [2.05, 4.69) is 6.92 Å². The van der Waals surface area contributed by atoms with Crippen molar-refractivity contribution in [2.45, 2.75) is 126 Å². The average molecular weight is 563 g/mol. The molecule has 5 aliphatic rings. The van der Waals surface area contributed by atoms with Crippen molar-refractivity contribution in [2.75, 3.05) is 0 Å². The summed E-state index contributed by atoms with van der Waals surface area (Å²) < 4.78 is 16.8. The highest BCUT2D eigenvalue weighted by Crippen LogP contribution is 2.71. The molecule has 5 fully saturated rings. The van der Waals surface area contributed by atoms with Crippen molar-refractivity contribution in [2.24, 2.45) is 22.7 Å². The van der Waals surface area contributed by atoms with Crippen molar-refractivity contribution in [1.82, 2.24) is 0 Å². The molecule has 1 aromatic heterocycles. The van der Waals surface area contributed by atoms with Gasteiger partial charge in [0.15, 0.2) is 6.29 Å². The Labute approximate surface area is 233 Å². The predicted molar refractivity (Wildman–Crippen MR) is 140 cm³/mol. The number of rotatable bonds is 4. The highest BCUT2D eigenvalue weighted by atomic mass is 16.7. The third kappa shape index (κ3) is 3.87. The largest absolute Gasteiger partial charge is 0.431 e. The monoisotopic (exact) mass is 562 g/mol. The Morgan fingerprint density at radius 3 is 2.40 bits per heavy atom. The molecule has 0 bridgehead atoms. The van der Waals surface area contributed by atoms with Crippen molar-refractivity contribution in [1.29, 1.82) is 0 Å². The fourth-order valence-corrected chi connectivity index (χ4v) is 9.67.